The van der Waals surface area contributed by atoms with E-state index in [0.717, 1.165) is 35.6 Å². The highest BCUT2D eigenvalue weighted by Crippen LogP contribution is 2.33. The first-order valence-corrected chi connectivity index (χ1v) is 15.8. The van der Waals surface area contributed by atoms with Crippen LogP contribution >= 0.6 is 11.3 Å². The summed E-state index contributed by atoms with van der Waals surface area (Å²) in [5.74, 6) is -3.11. The van der Waals surface area contributed by atoms with Gasteiger partial charge < -0.3 is 31.5 Å². The molecule has 7 N–H and O–H groups in total. The zero-order chi connectivity index (χ0) is 33.8. The number of aromatic nitrogens is 3. The van der Waals surface area contributed by atoms with Gasteiger partial charge in [-0.25, -0.2) is 18.9 Å². The standard InChI is InChI=1S/C26H32N8O10S2/c1-26(2)21(23(36)34(26)44-46(39,40)41)30-22(35)20(17-13-45-25(28)29-17)31-43-19(24(37)38)12-42-16-7-5-15(6-8-16)18-11-33(10-4-9-27)14-32(18)3/h5-8,11,13-14,19,21H,4,9-10,12,27H2,1-3H3,(H4-,28,29,30,35,37,38,39,40,41)/p+1/b31-20-/t19-,21?/m0/s1. The third-order valence-corrected chi connectivity index (χ3v) is 7.82. The van der Waals surface area contributed by atoms with Gasteiger partial charge in [0.15, 0.2) is 16.5 Å². The van der Waals surface area contributed by atoms with E-state index in [2.05, 4.69) is 19.7 Å². The highest BCUT2D eigenvalue weighted by Gasteiger charge is 2.58. The number of hydrogen-bond acceptors (Lipinski definition) is 13. The summed E-state index contributed by atoms with van der Waals surface area (Å²) in [5, 5.41) is 17.6. The van der Waals surface area contributed by atoms with Crippen molar-refractivity contribution in [1.82, 2.24) is 19.9 Å². The lowest BCUT2D eigenvalue weighted by Gasteiger charge is -2.50. The average Bonchev–Trinajstić information content (AvgIpc) is 3.59. The van der Waals surface area contributed by atoms with Crippen molar-refractivity contribution >= 4 is 50.4 Å². The second-order valence-electron chi connectivity index (χ2n) is 10.6. The summed E-state index contributed by atoms with van der Waals surface area (Å²) >= 11 is 0.961. The molecule has 1 unspecified atom stereocenters. The number of oxime groups is 1. The molecule has 0 spiro atoms. The zero-order valence-corrected chi connectivity index (χ0v) is 26.5. The van der Waals surface area contributed by atoms with E-state index < -0.39 is 58.2 Å². The molecule has 0 radical (unpaired) electrons. The van der Waals surface area contributed by atoms with Crippen molar-refractivity contribution in [2.24, 2.45) is 17.9 Å². The zero-order valence-electron chi connectivity index (χ0n) is 24.9. The van der Waals surface area contributed by atoms with Crippen molar-refractivity contribution in [1.29, 1.82) is 0 Å². The van der Waals surface area contributed by atoms with Crippen LogP contribution in [0.4, 0.5) is 5.13 Å². The number of nitrogens with one attached hydrogen (secondary N) is 1. The first kappa shape index (κ1) is 34.2. The fourth-order valence-electron chi connectivity index (χ4n) is 4.42. The summed E-state index contributed by atoms with van der Waals surface area (Å²) in [4.78, 5) is 46.8. The molecule has 18 nitrogen and oxygen atoms in total. The number of aryl methyl sites for hydroxylation is 2. The topological polar surface area (TPSA) is 255 Å². The number of benzene rings is 1. The Kier molecular flexibility index (Phi) is 10.3. The SMILES string of the molecule is Cn1c[n+](CCCN)cc1-c1ccc(OC[C@H](O/N=C(\C(=O)NC2C(=O)N(OS(=O)(=O)O)C2(C)C)c2csc(N)n2)C(=O)O)cc1. The van der Waals surface area contributed by atoms with E-state index >= 15 is 0 Å². The molecule has 2 amide bonds. The van der Waals surface area contributed by atoms with Crippen LogP contribution in [0.25, 0.3) is 11.3 Å². The van der Waals surface area contributed by atoms with Gasteiger partial charge in [0.1, 0.15) is 30.3 Å². The largest absolute Gasteiger partial charge is 0.489 e. The number of ether oxygens (including phenoxy) is 1. The van der Waals surface area contributed by atoms with Crippen molar-refractivity contribution in [3.05, 3.63) is 47.9 Å². The minimum atomic E-state index is -5.01. The quantitative estimate of drug-likeness (QED) is 0.0445. The summed E-state index contributed by atoms with van der Waals surface area (Å²) in [6, 6.07) is 5.63. The predicted molar refractivity (Wildman–Crippen MR) is 161 cm³/mol. The molecule has 2 aromatic heterocycles. The van der Waals surface area contributed by atoms with Gasteiger partial charge >= 0.3 is 16.4 Å². The Morgan fingerprint density at radius 2 is 1.98 bits per heavy atom. The number of anilines is 1. The molecule has 3 aromatic rings. The van der Waals surface area contributed by atoms with E-state index in [1.165, 1.54) is 19.2 Å². The van der Waals surface area contributed by atoms with E-state index in [-0.39, 0.29) is 10.8 Å². The Hall–Kier alpha value is -4.63. The minimum Gasteiger partial charge on any atom is -0.489 e. The lowest BCUT2D eigenvalue weighted by atomic mass is 9.84. The fraction of sp³-hybridized carbons (Fsp3) is 0.385. The number of carboxylic acids is 1. The molecule has 1 aliphatic rings. The monoisotopic (exact) mass is 681 g/mol. The van der Waals surface area contributed by atoms with E-state index in [9.17, 15) is 27.9 Å². The number of imidazole rings is 1. The summed E-state index contributed by atoms with van der Waals surface area (Å²) in [6.45, 7) is 3.60. The van der Waals surface area contributed by atoms with Crippen molar-refractivity contribution in [3.8, 4) is 17.0 Å². The molecule has 46 heavy (non-hydrogen) atoms. The van der Waals surface area contributed by atoms with Crippen molar-refractivity contribution in [2.75, 3.05) is 18.9 Å². The maximum absolute atomic E-state index is 13.2. The van der Waals surface area contributed by atoms with Gasteiger partial charge in [-0.05, 0) is 51.1 Å². The lowest BCUT2D eigenvalue weighted by Crippen LogP contribution is -2.76. The van der Waals surface area contributed by atoms with E-state index in [0.29, 0.717) is 17.4 Å². The van der Waals surface area contributed by atoms with Gasteiger partial charge in [-0.15, -0.1) is 15.6 Å². The van der Waals surface area contributed by atoms with Gasteiger partial charge in [-0.1, -0.05) is 5.16 Å². The normalized spacial score (nSPS) is 16.9. The Bertz CT molecular complexity index is 1740. The van der Waals surface area contributed by atoms with Crippen LogP contribution in [0.1, 0.15) is 26.0 Å². The Balaban J connectivity index is 1.45. The number of β-lactam (4-membered cyclic amide) rings is 1. The number of nitrogens with two attached hydrogens (primary N) is 2. The van der Waals surface area contributed by atoms with E-state index in [4.69, 9.17) is 25.6 Å². The van der Waals surface area contributed by atoms with Gasteiger partial charge in [-0.2, -0.15) is 13.5 Å². The number of rotatable bonds is 15. The molecule has 0 aliphatic carbocycles. The molecule has 2 atom stereocenters. The van der Waals surface area contributed by atoms with Crippen LogP contribution in [0.5, 0.6) is 5.75 Å². The fourth-order valence-corrected chi connectivity index (χ4v) is 5.42. The van der Waals surface area contributed by atoms with Gasteiger partial charge in [-0.3, -0.25) is 14.1 Å². The Morgan fingerprint density at radius 1 is 1.28 bits per heavy atom. The highest BCUT2D eigenvalue weighted by molar-refractivity contribution is 7.80. The van der Waals surface area contributed by atoms with Gasteiger partial charge in [0.2, 0.25) is 6.33 Å². The number of thiazole rings is 1. The molecule has 0 bridgehead atoms. The molecule has 1 saturated heterocycles. The van der Waals surface area contributed by atoms with E-state index in [1.54, 1.807) is 12.1 Å². The molecule has 248 valence electrons. The number of carboxylic acid groups (broad SMARTS) is 1. The Labute approximate surface area is 267 Å². The van der Waals surface area contributed by atoms with Crippen LogP contribution < -0.4 is 26.1 Å². The molecule has 3 heterocycles. The van der Waals surface area contributed by atoms with Crippen molar-refractivity contribution in [3.63, 3.8) is 0 Å². The molecular formula is C26H33N8O10S2+. The third-order valence-electron chi connectivity index (χ3n) is 6.81. The number of carbonyl (C=O) groups is 3. The number of amides is 2. The van der Waals surface area contributed by atoms with Gasteiger partial charge in [0.25, 0.3) is 17.9 Å². The second-order valence-corrected chi connectivity index (χ2v) is 12.5. The maximum Gasteiger partial charge on any atom is 0.418 e. The summed E-state index contributed by atoms with van der Waals surface area (Å²) in [5.41, 5.74) is 11.1. The van der Waals surface area contributed by atoms with Crippen LogP contribution in [0.15, 0.2) is 47.3 Å². The smallest absolute Gasteiger partial charge is 0.418 e. The summed E-state index contributed by atoms with van der Waals surface area (Å²) < 4.78 is 45.0. The first-order chi connectivity index (χ1) is 21.6. The first-order valence-electron chi connectivity index (χ1n) is 13.6. The van der Waals surface area contributed by atoms with Gasteiger partial charge in [0.05, 0.1) is 19.1 Å². The molecule has 1 aliphatic heterocycles. The lowest BCUT2D eigenvalue weighted by molar-refractivity contribution is -0.696. The van der Waals surface area contributed by atoms with Crippen LogP contribution in [0, 0.1) is 0 Å². The molecule has 1 fully saturated rings. The molecule has 4 rings (SSSR count). The minimum absolute atomic E-state index is 0.0607. The summed E-state index contributed by atoms with van der Waals surface area (Å²) in [6.07, 6.45) is 3.12. The van der Waals surface area contributed by atoms with Crippen LogP contribution in [-0.2, 0) is 47.5 Å². The number of aliphatic carboxylic acids is 1. The molecule has 1 aromatic carbocycles. The average molecular weight is 682 g/mol. The third kappa shape index (κ3) is 7.95. The van der Waals surface area contributed by atoms with Crippen LogP contribution in [0.3, 0.4) is 0 Å². The van der Waals surface area contributed by atoms with Gasteiger partial charge in [0, 0.05) is 10.9 Å². The van der Waals surface area contributed by atoms with Crippen LogP contribution in [0.2, 0.25) is 0 Å². The van der Waals surface area contributed by atoms with Crippen molar-refractivity contribution in [2.45, 2.75) is 44.5 Å². The number of carbonyl (C=O) groups excluding carboxylic acids is 2. The Morgan fingerprint density at radius 3 is 2.54 bits per heavy atom. The second kappa shape index (κ2) is 13.8. The molecule has 0 saturated carbocycles. The number of hydrogen-bond donors (Lipinski definition) is 5. The molecular weight excluding hydrogens is 648 g/mol. The molecule has 20 heteroatoms. The number of nitrogens with zero attached hydrogens (tertiary/aromatic N) is 5. The number of hydroxylamine groups is 2. The van der Waals surface area contributed by atoms with Crippen LogP contribution in [-0.4, -0.2) is 87.0 Å². The highest BCUT2D eigenvalue weighted by atomic mass is 32.3. The predicted octanol–water partition coefficient (Wildman–Crippen LogP) is -0.540. The van der Waals surface area contributed by atoms with E-state index in [1.807, 2.05) is 40.8 Å². The number of nitrogen functional groups attached to an aromatic ring is 1. The maximum atomic E-state index is 13.2. The van der Waals surface area contributed by atoms with Crippen molar-refractivity contribution < 1.29 is 50.9 Å². The summed E-state index contributed by atoms with van der Waals surface area (Å²) in [7, 11) is -3.10.